The van der Waals surface area contributed by atoms with Gasteiger partial charge in [0.2, 0.25) is 0 Å². The van der Waals surface area contributed by atoms with Crippen molar-refractivity contribution < 1.29 is 37.8 Å². The number of piperidine rings is 2. The zero-order chi connectivity index (χ0) is 44.0. The van der Waals surface area contributed by atoms with E-state index in [1.54, 1.807) is 30.2 Å². The first-order valence-electron chi connectivity index (χ1n) is 22.9. The van der Waals surface area contributed by atoms with Gasteiger partial charge in [0.1, 0.15) is 37.8 Å². The van der Waals surface area contributed by atoms with E-state index in [-0.39, 0.29) is 29.3 Å². The molecule has 2 saturated heterocycles. The summed E-state index contributed by atoms with van der Waals surface area (Å²) in [5.41, 5.74) is 6.58. The Balaban J connectivity index is 0.808. The van der Waals surface area contributed by atoms with Crippen LogP contribution in [0.1, 0.15) is 111 Å². The number of fused-ring (bicyclic) bond motifs is 3. The van der Waals surface area contributed by atoms with Gasteiger partial charge in [-0.05, 0) is 94.0 Å². The fourth-order valence-electron chi connectivity index (χ4n) is 10.8. The van der Waals surface area contributed by atoms with Crippen molar-refractivity contribution in [1.29, 1.82) is 0 Å². The number of aromatic nitrogens is 4. The average molecular weight is 874 g/mol. The molecule has 7 heterocycles. The number of unbranched alkanes of at least 4 members (excludes halogenated alkanes) is 2. The number of hydrogen-bond donors (Lipinski definition) is 3. The molecule has 3 N–H and O–H groups in total. The van der Waals surface area contributed by atoms with Crippen LogP contribution in [0.5, 0.6) is 5.75 Å². The Hall–Kier alpha value is -4.49. The molecule has 5 unspecified atom stereocenters. The molecule has 4 aromatic rings. The molecule has 5 aliphatic heterocycles. The monoisotopic (exact) mass is 873 g/mol. The summed E-state index contributed by atoms with van der Waals surface area (Å²) in [7, 11) is 1.78. The van der Waals surface area contributed by atoms with Gasteiger partial charge in [-0.2, -0.15) is 10.2 Å². The van der Waals surface area contributed by atoms with Gasteiger partial charge in [0.25, 0.3) is 12.3 Å². The molecule has 2 aromatic carbocycles. The third-order valence-corrected chi connectivity index (χ3v) is 14.4. The number of likely N-dealkylation sites (N-methyl/N-ethyl adjacent to an activating group) is 1. The van der Waals surface area contributed by atoms with E-state index in [0.717, 1.165) is 78.6 Å². The highest BCUT2D eigenvalue weighted by atomic mass is 19.3. The summed E-state index contributed by atoms with van der Waals surface area (Å²) in [4.78, 5) is 16.8. The minimum Gasteiger partial charge on any atom is -0.633 e. The molecule has 0 spiro atoms. The fraction of sp³-hybridized carbons (Fsp3) is 0.587. The van der Waals surface area contributed by atoms with Crippen molar-refractivity contribution >= 4 is 17.4 Å². The first-order valence-corrected chi connectivity index (χ1v) is 22.9. The van der Waals surface area contributed by atoms with Crippen molar-refractivity contribution in [3.8, 4) is 16.9 Å². The molecule has 340 valence electrons. The molecular formula is C46H61F2N9O6. The maximum atomic E-state index is 14.7. The largest absolute Gasteiger partial charge is 0.633 e. The lowest BCUT2D eigenvalue weighted by atomic mass is 9.92. The molecule has 17 heteroatoms. The number of anilines is 2. The van der Waals surface area contributed by atoms with Gasteiger partial charge < -0.3 is 44.9 Å². The molecule has 5 aliphatic rings. The van der Waals surface area contributed by atoms with Gasteiger partial charge >= 0.3 is 0 Å². The SMILES string of the molecule is CC[N+]1([O-])CCc2c(c(N3CCCc4cc(-c5cnn(C)c5)c(C(F)F)cc43)nn2C2CCN(C(O)CCCCCOc3cccc4c3C[N+]([O-])(C3CCC(O)NC3=O)C4)CC2)C1. The van der Waals surface area contributed by atoms with E-state index in [9.17, 15) is 34.2 Å². The van der Waals surface area contributed by atoms with Crippen molar-refractivity contribution in [2.75, 3.05) is 44.2 Å². The normalized spacial score (nSPS) is 25.8. The number of rotatable bonds is 14. The summed E-state index contributed by atoms with van der Waals surface area (Å²) in [5.74, 6) is 0.997. The molecule has 0 saturated carbocycles. The second kappa shape index (κ2) is 17.8. The number of quaternary nitrogens is 2. The van der Waals surface area contributed by atoms with E-state index >= 15 is 0 Å². The van der Waals surface area contributed by atoms with Gasteiger partial charge in [0.15, 0.2) is 11.9 Å². The van der Waals surface area contributed by atoms with Gasteiger partial charge in [0.05, 0.1) is 48.8 Å². The number of benzene rings is 2. The summed E-state index contributed by atoms with van der Waals surface area (Å²) in [6.45, 7) is 6.03. The Kier molecular flexibility index (Phi) is 12.4. The smallest absolute Gasteiger partial charge is 0.280 e. The standard InChI is InChI=1S/C46H61F2N9O6/c1-3-56(61)21-17-38-37(28-56)45(54-18-8-10-30-23-34(32-25-49-52(2)26-32)35(44(47)48)24-39(30)54)51-55(38)33-15-19-53(20-16-33)43(59)12-5-4-6-22-63-41-11-7-9-31-27-57(62,29-36(31)41)40-13-14-42(58)50-46(40)60/h7,9,11,23-26,33,40,42-44,58-59H,3-6,8,10,12-22,27-29H2,1-2H3,(H,50,60). The molecule has 0 radical (unpaired) electrons. The highest BCUT2D eigenvalue weighted by Crippen LogP contribution is 2.45. The van der Waals surface area contributed by atoms with E-state index in [1.807, 2.05) is 31.2 Å². The lowest BCUT2D eigenvalue weighted by Gasteiger charge is -2.46. The molecule has 15 nitrogen and oxygen atoms in total. The topological polar surface area (TPSA) is 167 Å². The van der Waals surface area contributed by atoms with Crippen LogP contribution < -0.4 is 15.0 Å². The highest BCUT2D eigenvalue weighted by molar-refractivity contribution is 5.81. The van der Waals surface area contributed by atoms with Crippen molar-refractivity contribution in [3.63, 3.8) is 0 Å². The average Bonchev–Trinajstić information content (AvgIpc) is 3.98. The fourth-order valence-corrected chi connectivity index (χ4v) is 10.8. The van der Waals surface area contributed by atoms with Gasteiger partial charge in [-0.15, -0.1) is 0 Å². The van der Waals surface area contributed by atoms with Crippen LogP contribution in [0.4, 0.5) is 20.3 Å². The first kappa shape index (κ1) is 43.7. The third-order valence-electron chi connectivity index (χ3n) is 14.4. The number of aliphatic hydroxyl groups is 2. The number of hydrogen-bond acceptors (Lipinski definition) is 10. The van der Waals surface area contributed by atoms with Crippen LogP contribution in [-0.4, -0.2) is 108 Å². The predicted octanol–water partition coefficient (Wildman–Crippen LogP) is 6.22. The third kappa shape index (κ3) is 8.73. The van der Waals surface area contributed by atoms with Crippen molar-refractivity contribution in [2.24, 2.45) is 7.05 Å². The maximum Gasteiger partial charge on any atom is 0.280 e. The van der Waals surface area contributed by atoms with Gasteiger partial charge in [0, 0.05) is 68.1 Å². The number of carbonyl (C=O) groups is 1. The van der Waals surface area contributed by atoms with E-state index < -0.39 is 35.5 Å². The predicted molar refractivity (Wildman–Crippen MR) is 232 cm³/mol. The van der Waals surface area contributed by atoms with E-state index in [0.29, 0.717) is 94.3 Å². The number of halogens is 2. The Morgan fingerprint density at radius 1 is 1.00 bits per heavy atom. The van der Waals surface area contributed by atoms with Crippen molar-refractivity contribution in [3.05, 3.63) is 86.7 Å². The van der Waals surface area contributed by atoms with Gasteiger partial charge in [-0.1, -0.05) is 12.1 Å². The number of likely N-dealkylation sites (tertiary alicyclic amines) is 1. The molecule has 5 atom stereocenters. The number of amides is 1. The molecule has 0 bridgehead atoms. The van der Waals surface area contributed by atoms with Crippen LogP contribution in [0, 0.1) is 10.4 Å². The Labute approximate surface area is 367 Å². The number of aliphatic hydroxyl groups excluding tert-OH is 2. The second-order valence-electron chi connectivity index (χ2n) is 18.5. The lowest BCUT2D eigenvalue weighted by Crippen LogP contribution is -2.59. The number of ether oxygens (including phenoxy) is 1. The Morgan fingerprint density at radius 3 is 2.57 bits per heavy atom. The number of nitrogens with zero attached hydrogens (tertiary/aromatic N) is 8. The highest BCUT2D eigenvalue weighted by Gasteiger charge is 2.44. The van der Waals surface area contributed by atoms with Crippen LogP contribution in [0.2, 0.25) is 0 Å². The molecule has 63 heavy (non-hydrogen) atoms. The van der Waals surface area contributed by atoms with Crippen molar-refractivity contribution in [1.82, 2.24) is 29.8 Å². The second-order valence-corrected chi connectivity index (χ2v) is 18.5. The summed E-state index contributed by atoms with van der Waals surface area (Å²) >= 11 is 0. The quantitative estimate of drug-likeness (QED) is 0.0753. The molecule has 1 amide bonds. The first-order chi connectivity index (χ1) is 30.3. The number of nitrogens with one attached hydrogen (secondary N) is 1. The van der Waals surface area contributed by atoms with Crippen molar-refractivity contribution in [2.45, 2.75) is 128 Å². The minimum absolute atomic E-state index is 0.0392. The summed E-state index contributed by atoms with van der Waals surface area (Å²) in [6.07, 6.45) is 6.87. The number of hydroxylamine groups is 6. The number of carbonyl (C=O) groups excluding carboxylic acids is 1. The summed E-state index contributed by atoms with van der Waals surface area (Å²) in [5, 5.41) is 60.7. The minimum atomic E-state index is -2.68. The van der Waals surface area contributed by atoms with E-state index in [1.165, 1.54) is 0 Å². The number of aryl methyl sites for hydroxylation is 2. The lowest BCUT2D eigenvalue weighted by molar-refractivity contribution is -0.916. The Bertz CT molecular complexity index is 2300. The van der Waals surface area contributed by atoms with Crippen LogP contribution >= 0.6 is 0 Å². The van der Waals surface area contributed by atoms with Gasteiger partial charge in [-0.25, -0.2) is 8.78 Å². The van der Waals surface area contributed by atoms with Crippen LogP contribution in [-0.2, 0) is 44.3 Å². The molecule has 0 aliphatic carbocycles. The zero-order valence-electron chi connectivity index (χ0n) is 36.4. The number of alkyl halides is 2. The van der Waals surface area contributed by atoms with Crippen LogP contribution in [0.15, 0.2) is 42.7 Å². The zero-order valence-corrected chi connectivity index (χ0v) is 36.4. The molecular weight excluding hydrogens is 813 g/mol. The van der Waals surface area contributed by atoms with E-state index in [2.05, 4.69) is 24.9 Å². The van der Waals surface area contributed by atoms with Gasteiger partial charge in [-0.3, -0.25) is 19.1 Å². The maximum absolute atomic E-state index is 14.7. The van der Waals surface area contributed by atoms with Crippen LogP contribution in [0.3, 0.4) is 0 Å². The van der Waals surface area contributed by atoms with Crippen LogP contribution in [0.25, 0.3) is 11.1 Å². The molecule has 9 rings (SSSR count). The summed E-state index contributed by atoms with van der Waals surface area (Å²) < 4.78 is 38.4. The van der Waals surface area contributed by atoms with E-state index in [4.69, 9.17) is 9.84 Å². The molecule has 2 fully saturated rings. The molecule has 2 aromatic heterocycles. The summed E-state index contributed by atoms with van der Waals surface area (Å²) in [6, 6.07) is 8.55. The Morgan fingerprint density at radius 2 is 1.83 bits per heavy atom.